The first-order chi connectivity index (χ1) is 20.5. The molecule has 4 aromatic carbocycles. The Bertz CT molecular complexity index is 1630. The van der Waals surface area contributed by atoms with Crippen LogP contribution in [0.25, 0.3) is 0 Å². The van der Waals surface area contributed by atoms with E-state index in [1.54, 1.807) is 0 Å². The van der Waals surface area contributed by atoms with Crippen molar-refractivity contribution in [3.8, 4) is 11.5 Å². The van der Waals surface area contributed by atoms with Gasteiger partial charge in [-0.1, -0.05) is 24.3 Å². The van der Waals surface area contributed by atoms with Crippen LogP contribution in [0.5, 0.6) is 11.5 Å². The van der Waals surface area contributed by atoms with E-state index in [2.05, 4.69) is 4.74 Å². The van der Waals surface area contributed by atoms with E-state index in [4.69, 9.17) is 0 Å². The van der Waals surface area contributed by atoms with E-state index in [1.807, 2.05) is 0 Å². The monoisotopic (exact) mass is 630 g/mol. The van der Waals surface area contributed by atoms with Crippen LogP contribution in [0.2, 0.25) is 0 Å². The first-order valence-corrected chi connectivity index (χ1v) is 12.6. The molecule has 0 bridgehead atoms. The van der Waals surface area contributed by atoms with Crippen molar-refractivity contribution in [2.75, 3.05) is 0 Å². The molecular weight excluding hydrogens is 610 g/mol. The molecule has 0 aliphatic rings. The zero-order chi connectivity index (χ0) is 32.4. The normalized spacial score (nSPS) is 13.5. The van der Waals surface area contributed by atoms with E-state index < -0.39 is 70.7 Å². The van der Waals surface area contributed by atoms with Crippen LogP contribution in [-0.4, -0.2) is 23.4 Å². The van der Waals surface area contributed by atoms with Crippen LogP contribution in [0.4, 0.5) is 43.9 Å². The molecule has 0 spiro atoms. The Kier molecular flexibility index (Phi) is 8.98. The average molecular weight is 630 g/mol. The first kappa shape index (κ1) is 32.4. The summed E-state index contributed by atoms with van der Waals surface area (Å²) in [5.74, 6) is -5.99. The molecule has 1 N–H and O–H groups in total. The molecule has 4 rings (SSSR count). The summed E-state index contributed by atoms with van der Waals surface area (Å²) in [6.45, 7) is 0. The Balaban J connectivity index is 1.96. The highest BCUT2D eigenvalue weighted by atomic mass is 19.4. The molecule has 0 saturated heterocycles. The fourth-order valence-electron chi connectivity index (χ4n) is 4.76. The minimum absolute atomic E-state index is 0.0376. The number of Topliss-reactive ketones (excluding diaryl/α,β-unsaturated/α-hetero) is 1. The second-order valence-corrected chi connectivity index (χ2v) is 9.86. The Morgan fingerprint density at radius 1 is 0.750 bits per heavy atom. The number of rotatable bonds is 10. The number of aromatic hydroxyl groups is 1. The summed E-state index contributed by atoms with van der Waals surface area (Å²) in [4.78, 5) is 13.6. The lowest BCUT2D eigenvalue weighted by Gasteiger charge is -2.36. The van der Waals surface area contributed by atoms with Gasteiger partial charge in [-0.05, 0) is 77.7 Å². The average Bonchev–Trinajstić information content (AvgIpc) is 2.93. The van der Waals surface area contributed by atoms with E-state index in [0.29, 0.717) is 17.7 Å². The molecule has 0 fully saturated rings. The van der Waals surface area contributed by atoms with Gasteiger partial charge in [-0.3, -0.25) is 4.79 Å². The van der Waals surface area contributed by atoms with Gasteiger partial charge in [0, 0.05) is 23.5 Å². The number of hydrogen-bond acceptors (Lipinski definition) is 3. The third-order valence-electron chi connectivity index (χ3n) is 6.83. The quantitative estimate of drug-likeness (QED) is 0.141. The Morgan fingerprint density at radius 2 is 1.39 bits per heavy atom. The number of carbonyl (C=O) groups excluding carboxylic acids is 1. The summed E-state index contributed by atoms with van der Waals surface area (Å²) in [5.41, 5.74) is -4.24. The van der Waals surface area contributed by atoms with Crippen LogP contribution >= 0.6 is 0 Å². The van der Waals surface area contributed by atoms with Gasteiger partial charge < -0.3 is 9.84 Å². The zero-order valence-electron chi connectivity index (χ0n) is 22.1. The molecule has 0 amide bonds. The molecule has 0 saturated carbocycles. The van der Waals surface area contributed by atoms with Gasteiger partial charge in [-0.15, -0.1) is 0 Å². The lowest BCUT2D eigenvalue weighted by atomic mass is 9.67. The predicted octanol–water partition coefficient (Wildman–Crippen LogP) is 8.87. The summed E-state index contributed by atoms with van der Waals surface area (Å²) in [5, 5.41) is 9.74. The highest BCUT2D eigenvalue weighted by Crippen LogP contribution is 2.43. The highest BCUT2D eigenvalue weighted by molar-refractivity contribution is 5.97. The van der Waals surface area contributed by atoms with Crippen molar-refractivity contribution < 1.29 is 58.5 Å². The van der Waals surface area contributed by atoms with Gasteiger partial charge in [-0.2, -0.15) is 30.7 Å². The Hall–Kier alpha value is -4.55. The molecule has 0 aromatic heterocycles. The van der Waals surface area contributed by atoms with Crippen molar-refractivity contribution in [3.05, 3.63) is 130 Å². The smallest absolute Gasteiger partial charge is 0.461 e. The number of ketones is 1. The Morgan fingerprint density at radius 3 is 1.98 bits per heavy atom. The van der Waals surface area contributed by atoms with Gasteiger partial charge in [0.25, 0.3) is 0 Å². The lowest BCUT2D eigenvalue weighted by molar-refractivity contribution is -0.253. The SMILES string of the molecule is O=C(C[C@@](Cc1ccc(O)cc1)(c1ccc(F)cc1)c1cc(F)cc(OC(F)(F)C(F)F)c1)c1ccc(F)c(C(F)(F)F)c1. The molecule has 232 valence electrons. The predicted molar refractivity (Wildman–Crippen MR) is 137 cm³/mol. The molecular formula is C31H20F10O3. The second kappa shape index (κ2) is 12.2. The standard InChI is InChI=1S/C31H20F10O3/c32-21-6-4-19(5-7-21)29(15-17-1-8-23(42)9-2-17,16-27(43)18-3-10-26(34)25(11-18)30(37,38)39)20-12-22(33)14-24(13-20)44-31(40,41)28(35)36/h1-14,28,42H,15-16H2/t29-/m0/s1. The number of benzene rings is 4. The van der Waals surface area contributed by atoms with Crippen LogP contribution in [0.15, 0.2) is 84.9 Å². The summed E-state index contributed by atoms with van der Waals surface area (Å²) in [6.07, 6.45) is -15.7. The maximum Gasteiger partial charge on any atom is 0.461 e. The van der Waals surface area contributed by atoms with Crippen molar-refractivity contribution in [2.24, 2.45) is 0 Å². The van der Waals surface area contributed by atoms with Crippen molar-refractivity contribution >= 4 is 5.78 Å². The van der Waals surface area contributed by atoms with E-state index in [-0.39, 0.29) is 29.4 Å². The van der Waals surface area contributed by atoms with Gasteiger partial charge in [0.2, 0.25) is 0 Å². The van der Waals surface area contributed by atoms with Gasteiger partial charge in [0.1, 0.15) is 29.0 Å². The molecule has 0 radical (unpaired) electrons. The van der Waals surface area contributed by atoms with Crippen molar-refractivity contribution in [3.63, 3.8) is 0 Å². The summed E-state index contributed by atoms with van der Waals surface area (Å²) in [7, 11) is 0. The van der Waals surface area contributed by atoms with Gasteiger partial charge in [-0.25, -0.2) is 13.2 Å². The molecule has 0 aliphatic heterocycles. The number of phenols is 1. The van der Waals surface area contributed by atoms with Gasteiger partial charge >= 0.3 is 18.7 Å². The van der Waals surface area contributed by atoms with E-state index in [1.165, 1.54) is 24.3 Å². The van der Waals surface area contributed by atoms with Crippen LogP contribution in [0.1, 0.15) is 39.0 Å². The molecule has 0 unspecified atom stereocenters. The van der Waals surface area contributed by atoms with Crippen LogP contribution in [-0.2, 0) is 18.0 Å². The van der Waals surface area contributed by atoms with Crippen molar-refractivity contribution in [1.82, 2.24) is 0 Å². The third-order valence-corrected chi connectivity index (χ3v) is 6.83. The Labute approximate surface area is 243 Å². The summed E-state index contributed by atoms with van der Waals surface area (Å²) >= 11 is 0. The number of alkyl halides is 7. The largest absolute Gasteiger partial charge is 0.508 e. The number of carbonyl (C=O) groups is 1. The van der Waals surface area contributed by atoms with E-state index in [9.17, 15) is 53.8 Å². The highest BCUT2D eigenvalue weighted by Gasteiger charge is 2.45. The van der Waals surface area contributed by atoms with Crippen LogP contribution < -0.4 is 4.74 Å². The second-order valence-electron chi connectivity index (χ2n) is 9.86. The molecule has 3 nitrogen and oxygen atoms in total. The summed E-state index contributed by atoms with van der Waals surface area (Å²) in [6, 6.07) is 12.8. The lowest BCUT2D eigenvalue weighted by Crippen LogP contribution is -2.35. The minimum atomic E-state index is -5.18. The molecule has 44 heavy (non-hydrogen) atoms. The zero-order valence-corrected chi connectivity index (χ0v) is 22.1. The number of phenolic OH excluding ortho intramolecular Hbond substituents is 1. The van der Waals surface area contributed by atoms with Gasteiger partial charge in [0.15, 0.2) is 5.78 Å². The molecule has 13 heteroatoms. The molecule has 4 aromatic rings. The topological polar surface area (TPSA) is 46.5 Å². The molecule has 0 aliphatic carbocycles. The maximum absolute atomic E-state index is 14.9. The number of halogens is 10. The van der Waals surface area contributed by atoms with Crippen molar-refractivity contribution in [2.45, 2.75) is 37.0 Å². The number of ether oxygens (including phenoxy) is 1. The number of hydrogen-bond donors (Lipinski definition) is 1. The van der Waals surface area contributed by atoms with E-state index in [0.717, 1.165) is 42.5 Å². The summed E-state index contributed by atoms with van der Waals surface area (Å²) < 4.78 is 141. The molecule has 0 heterocycles. The van der Waals surface area contributed by atoms with Gasteiger partial charge in [0.05, 0.1) is 5.56 Å². The van der Waals surface area contributed by atoms with Crippen LogP contribution in [0, 0.1) is 17.5 Å². The fourth-order valence-corrected chi connectivity index (χ4v) is 4.76. The van der Waals surface area contributed by atoms with Crippen LogP contribution in [0.3, 0.4) is 0 Å². The van der Waals surface area contributed by atoms with Crippen molar-refractivity contribution in [1.29, 1.82) is 0 Å². The minimum Gasteiger partial charge on any atom is -0.508 e. The maximum atomic E-state index is 14.9. The first-order valence-electron chi connectivity index (χ1n) is 12.6. The molecule has 1 atom stereocenters. The third kappa shape index (κ3) is 7.14. The fraction of sp³-hybridized carbons (Fsp3) is 0.194. The van der Waals surface area contributed by atoms with E-state index >= 15 is 0 Å².